The van der Waals surface area contributed by atoms with E-state index < -0.39 is 0 Å². The molecule has 0 saturated carbocycles. The highest BCUT2D eigenvalue weighted by Crippen LogP contribution is 2.26. The maximum atomic E-state index is 10.2. The summed E-state index contributed by atoms with van der Waals surface area (Å²) in [6.45, 7) is 0.539. The zero-order chi connectivity index (χ0) is 8.97. The fourth-order valence-electron chi connectivity index (χ4n) is 0.881. The normalized spacial score (nSPS) is 9.83. The molecule has 3 nitrogen and oxygen atoms in total. The standard InChI is InChI=1S/C8H8BrNO2/c1-12-5-6-2-3-8(10-11)7(9)4-6/h2-4H,5H2,1H3. The topological polar surface area (TPSA) is 38.7 Å². The number of hydrogen-bond donors (Lipinski definition) is 0. The van der Waals surface area contributed by atoms with Crippen LogP contribution in [0.1, 0.15) is 5.56 Å². The molecule has 4 heteroatoms. The minimum atomic E-state index is 0.412. The van der Waals surface area contributed by atoms with Crippen LogP contribution in [0.3, 0.4) is 0 Å². The van der Waals surface area contributed by atoms with Gasteiger partial charge >= 0.3 is 0 Å². The second kappa shape index (κ2) is 4.33. The summed E-state index contributed by atoms with van der Waals surface area (Å²) in [6, 6.07) is 5.29. The summed E-state index contributed by atoms with van der Waals surface area (Å²) >= 11 is 3.23. The van der Waals surface area contributed by atoms with Crippen molar-refractivity contribution in [3.8, 4) is 0 Å². The number of halogens is 1. The molecular formula is C8H8BrNO2. The molecule has 0 aliphatic carbocycles. The van der Waals surface area contributed by atoms with E-state index in [0.717, 1.165) is 5.56 Å². The fraction of sp³-hybridized carbons (Fsp3) is 0.250. The monoisotopic (exact) mass is 229 g/mol. The number of methoxy groups -OCH3 is 1. The van der Waals surface area contributed by atoms with E-state index in [1.165, 1.54) is 0 Å². The zero-order valence-corrected chi connectivity index (χ0v) is 8.17. The third-order valence-corrected chi connectivity index (χ3v) is 2.06. The lowest BCUT2D eigenvalue weighted by molar-refractivity contribution is 0.185. The molecule has 0 N–H and O–H groups in total. The number of benzene rings is 1. The van der Waals surface area contributed by atoms with E-state index in [4.69, 9.17) is 4.74 Å². The van der Waals surface area contributed by atoms with Crippen molar-refractivity contribution in [3.63, 3.8) is 0 Å². The van der Waals surface area contributed by atoms with Crippen molar-refractivity contribution in [1.82, 2.24) is 0 Å². The first-order valence-corrected chi connectivity index (χ1v) is 4.18. The number of ether oxygens (including phenoxy) is 1. The van der Waals surface area contributed by atoms with Crippen molar-refractivity contribution in [1.29, 1.82) is 0 Å². The number of nitrogens with zero attached hydrogens (tertiary/aromatic N) is 1. The van der Waals surface area contributed by atoms with Crippen molar-refractivity contribution in [2.24, 2.45) is 5.18 Å². The van der Waals surface area contributed by atoms with Crippen LogP contribution in [0.4, 0.5) is 5.69 Å². The molecule has 0 aliphatic rings. The number of nitroso groups, excluding NO2 is 1. The van der Waals surface area contributed by atoms with Gasteiger partial charge in [-0.2, -0.15) is 0 Å². The van der Waals surface area contributed by atoms with Crippen LogP contribution in [0.15, 0.2) is 27.8 Å². The van der Waals surface area contributed by atoms with Gasteiger partial charge < -0.3 is 4.74 Å². The third kappa shape index (κ3) is 2.12. The van der Waals surface area contributed by atoms with Crippen LogP contribution in [0.2, 0.25) is 0 Å². The molecule has 0 spiro atoms. The Hall–Kier alpha value is -0.740. The summed E-state index contributed by atoms with van der Waals surface area (Å²) in [5, 5.41) is 2.83. The number of hydrogen-bond acceptors (Lipinski definition) is 3. The van der Waals surface area contributed by atoms with Gasteiger partial charge in [0.15, 0.2) is 0 Å². The van der Waals surface area contributed by atoms with Crippen LogP contribution in [0, 0.1) is 4.91 Å². The molecule has 1 aromatic carbocycles. The van der Waals surface area contributed by atoms with Crippen LogP contribution in [0.25, 0.3) is 0 Å². The second-order valence-electron chi connectivity index (χ2n) is 2.31. The Morgan fingerprint density at radius 1 is 1.58 bits per heavy atom. The first kappa shape index (κ1) is 9.35. The van der Waals surface area contributed by atoms with Crippen LogP contribution in [-0.4, -0.2) is 7.11 Å². The first-order chi connectivity index (χ1) is 5.77. The molecule has 0 aromatic heterocycles. The smallest absolute Gasteiger partial charge is 0.122 e. The van der Waals surface area contributed by atoms with Crippen molar-refractivity contribution >= 4 is 21.6 Å². The van der Waals surface area contributed by atoms with Crippen molar-refractivity contribution in [2.45, 2.75) is 6.61 Å². The first-order valence-electron chi connectivity index (χ1n) is 3.38. The van der Waals surface area contributed by atoms with E-state index in [-0.39, 0.29) is 0 Å². The molecule has 1 aromatic rings. The fourth-order valence-corrected chi connectivity index (χ4v) is 1.38. The molecule has 0 unspecified atom stereocenters. The lowest BCUT2D eigenvalue weighted by Gasteiger charge is -2.00. The highest BCUT2D eigenvalue weighted by Gasteiger charge is 2.00. The van der Waals surface area contributed by atoms with Gasteiger partial charge in [0.2, 0.25) is 0 Å². The molecule has 0 aliphatic heterocycles. The van der Waals surface area contributed by atoms with Crippen LogP contribution < -0.4 is 0 Å². The molecule has 0 fully saturated rings. The van der Waals surface area contributed by atoms with E-state index >= 15 is 0 Å². The molecule has 0 heterocycles. The van der Waals surface area contributed by atoms with Gasteiger partial charge in [0.05, 0.1) is 6.61 Å². The minimum Gasteiger partial charge on any atom is -0.380 e. The lowest BCUT2D eigenvalue weighted by atomic mass is 10.2. The minimum absolute atomic E-state index is 0.412. The lowest BCUT2D eigenvalue weighted by Crippen LogP contribution is -1.86. The largest absolute Gasteiger partial charge is 0.380 e. The van der Waals surface area contributed by atoms with Gasteiger partial charge in [-0.3, -0.25) is 0 Å². The molecule has 0 saturated heterocycles. The molecule has 12 heavy (non-hydrogen) atoms. The van der Waals surface area contributed by atoms with Gasteiger partial charge in [0, 0.05) is 11.6 Å². The maximum absolute atomic E-state index is 10.2. The number of rotatable bonds is 3. The molecule has 0 amide bonds. The summed E-state index contributed by atoms with van der Waals surface area (Å²) in [5.74, 6) is 0. The molecule has 1 rings (SSSR count). The van der Waals surface area contributed by atoms with Gasteiger partial charge in [-0.15, -0.1) is 4.91 Å². The van der Waals surface area contributed by atoms with Gasteiger partial charge in [-0.1, -0.05) is 6.07 Å². The quantitative estimate of drug-likeness (QED) is 0.748. The molecule has 64 valence electrons. The van der Waals surface area contributed by atoms with E-state index in [2.05, 4.69) is 21.1 Å². The highest BCUT2D eigenvalue weighted by molar-refractivity contribution is 9.10. The van der Waals surface area contributed by atoms with Crippen molar-refractivity contribution in [2.75, 3.05) is 7.11 Å². The zero-order valence-electron chi connectivity index (χ0n) is 6.58. The molecule has 0 bridgehead atoms. The van der Waals surface area contributed by atoms with Crippen LogP contribution in [0.5, 0.6) is 0 Å². The Labute approximate surface area is 78.8 Å². The van der Waals surface area contributed by atoms with Crippen molar-refractivity contribution in [3.05, 3.63) is 33.1 Å². The Bertz CT molecular complexity index is 288. The molecule has 0 atom stereocenters. The van der Waals surface area contributed by atoms with Gasteiger partial charge in [0.1, 0.15) is 5.69 Å². The average molecular weight is 230 g/mol. The van der Waals surface area contributed by atoms with Crippen LogP contribution >= 0.6 is 15.9 Å². The Morgan fingerprint density at radius 3 is 2.83 bits per heavy atom. The highest BCUT2D eigenvalue weighted by atomic mass is 79.9. The summed E-state index contributed by atoms with van der Waals surface area (Å²) in [7, 11) is 1.62. The van der Waals surface area contributed by atoms with E-state index in [0.29, 0.717) is 16.8 Å². The van der Waals surface area contributed by atoms with Crippen LogP contribution in [-0.2, 0) is 11.3 Å². The summed E-state index contributed by atoms with van der Waals surface area (Å²) < 4.78 is 5.63. The van der Waals surface area contributed by atoms with Gasteiger partial charge in [-0.25, -0.2) is 0 Å². The van der Waals surface area contributed by atoms with E-state index in [1.807, 2.05) is 12.1 Å². The maximum Gasteiger partial charge on any atom is 0.122 e. The van der Waals surface area contributed by atoms with Gasteiger partial charge in [0.25, 0.3) is 0 Å². The summed E-state index contributed by atoms with van der Waals surface area (Å²) in [6.07, 6.45) is 0. The third-order valence-electron chi connectivity index (χ3n) is 1.42. The Balaban J connectivity index is 2.93. The molecule has 0 radical (unpaired) electrons. The molecular weight excluding hydrogens is 222 g/mol. The predicted molar refractivity (Wildman–Crippen MR) is 50.3 cm³/mol. The summed E-state index contributed by atoms with van der Waals surface area (Å²) in [4.78, 5) is 10.2. The average Bonchev–Trinajstić information content (AvgIpc) is 2.05. The van der Waals surface area contributed by atoms with Crippen molar-refractivity contribution < 1.29 is 4.74 Å². The van der Waals surface area contributed by atoms with E-state index in [9.17, 15) is 4.91 Å². The SMILES string of the molecule is COCc1ccc(N=O)c(Br)c1. The summed E-state index contributed by atoms with van der Waals surface area (Å²) in [5.41, 5.74) is 1.42. The Morgan fingerprint density at radius 2 is 2.33 bits per heavy atom. The predicted octanol–water partition coefficient (Wildman–Crippen LogP) is 2.99. The second-order valence-corrected chi connectivity index (χ2v) is 3.16. The van der Waals surface area contributed by atoms with Gasteiger partial charge in [-0.05, 0) is 38.8 Å². The van der Waals surface area contributed by atoms with E-state index in [1.54, 1.807) is 13.2 Å². The Kier molecular flexibility index (Phi) is 3.37.